The molecule has 6 heteroatoms. The van der Waals surface area contributed by atoms with Crippen LogP contribution in [0, 0.1) is 5.82 Å². The lowest BCUT2D eigenvalue weighted by Gasteiger charge is -2.04. The highest BCUT2D eigenvalue weighted by Crippen LogP contribution is 2.22. The minimum absolute atomic E-state index is 0.163. The minimum Gasteiger partial charge on any atom is -0.481 e. The summed E-state index contributed by atoms with van der Waals surface area (Å²) < 4.78 is 14.3. The summed E-state index contributed by atoms with van der Waals surface area (Å²) in [6.45, 7) is 0. The Morgan fingerprint density at radius 3 is 2.37 bits per heavy atom. The van der Waals surface area contributed by atoms with Gasteiger partial charge in [0.1, 0.15) is 5.82 Å². The number of nitrogens with one attached hydrogen (secondary N) is 1. The first-order valence-corrected chi connectivity index (χ1v) is 8.95. The van der Waals surface area contributed by atoms with E-state index in [1.165, 1.54) is 12.3 Å². The summed E-state index contributed by atoms with van der Waals surface area (Å²) in [5, 5.41) is 12.4. The molecule has 5 nitrogen and oxygen atoms in total. The maximum Gasteiger partial charge on any atom is 0.303 e. The van der Waals surface area contributed by atoms with Crippen molar-refractivity contribution in [2.24, 2.45) is 5.10 Å². The molecule has 0 aliphatic heterocycles. The highest BCUT2D eigenvalue weighted by atomic mass is 19.1. The molecule has 1 amide bonds. The van der Waals surface area contributed by atoms with E-state index >= 15 is 0 Å². The molecule has 0 bridgehead atoms. The maximum absolute atomic E-state index is 14.3. The number of hydrogen-bond acceptors (Lipinski definition) is 3. The number of amides is 1. The fourth-order valence-electron chi connectivity index (χ4n) is 2.61. The standard InChI is InChI=1S/C21H23FN2O3/c22-19-14-16(12-13-18(19)17-8-4-3-5-9-17)15-23-24-20(25)10-6-1-2-7-11-21(26)27/h3-5,8-9,12-15H,1-2,6-7,10-11H2,(H,24,25)(H,26,27)/b23-15+. The number of nitrogens with zero attached hydrogens (tertiary/aromatic N) is 1. The fraction of sp³-hybridized carbons (Fsp3) is 0.286. The second-order valence-electron chi connectivity index (χ2n) is 6.21. The molecule has 0 unspecified atom stereocenters. The van der Waals surface area contributed by atoms with Gasteiger partial charge in [0.15, 0.2) is 0 Å². The van der Waals surface area contributed by atoms with Gasteiger partial charge >= 0.3 is 5.97 Å². The van der Waals surface area contributed by atoms with E-state index in [9.17, 15) is 14.0 Å². The number of carboxylic acids is 1. The Hall–Kier alpha value is -3.02. The number of carbonyl (C=O) groups excluding carboxylic acids is 1. The molecular weight excluding hydrogens is 347 g/mol. The van der Waals surface area contributed by atoms with Crippen molar-refractivity contribution in [3.63, 3.8) is 0 Å². The van der Waals surface area contributed by atoms with Gasteiger partial charge in [-0.2, -0.15) is 5.10 Å². The molecule has 0 aliphatic carbocycles. The number of benzene rings is 2. The van der Waals surface area contributed by atoms with E-state index in [2.05, 4.69) is 10.5 Å². The van der Waals surface area contributed by atoms with Crippen molar-refractivity contribution in [3.8, 4) is 11.1 Å². The first-order valence-electron chi connectivity index (χ1n) is 8.95. The van der Waals surface area contributed by atoms with E-state index in [0.717, 1.165) is 18.4 Å². The van der Waals surface area contributed by atoms with Gasteiger partial charge in [-0.25, -0.2) is 9.82 Å². The van der Waals surface area contributed by atoms with Crippen LogP contribution < -0.4 is 5.43 Å². The second-order valence-corrected chi connectivity index (χ2v) is 6.21. The maximum atomic E-state index is 14.3. The van der Waals surface area contributed by atoms with Crippen LogP contribution in [0.3, 0.4) is 0 Å². The molecule has 0 radical (unpaired) electrons. The molecule has 2 N–H and O–H groups in total. The van der Waals surface area contributed by atoms with Gasteiger partial charge in [-0.05, 0) is 30.0 Å². The summed E-state index contributed by atoms with van der Waals surface area (Å²) in [4.78, 5) is 22.1. The number of carboxylic acid groups (broad SMARTS) is 1. The van der Waals surface area contributed by atoms with Crippen LogP contribution in [0.2, 0.25) is 0 Å². The summed E-state index contributed by atoms with van der Waals surface area (Å²) in [7, 11) is 0. The fourth-order valence-corrected chi connectivity index (χ4v) is 2.61. The summed E-state index contributed by atoms with van der Waals surface area (Å²) in [5.41, 5.74) is 4.29. The monoisotopic (exact) mass is 370 g/mol. The van der Waals surface area contributed by atoms with Crippen molar-refractivity contribution in [1.29, 1.82) is 0 Å². The Balaban J connectivity index is 1.75. The van der Waals surface area contributed by atoms with Crippen LogP contribution in [-0.4, -0.2) is 23.2 Å². The van der Waals surface area contributed by atoms with E-state index < -0.39 is 5.97 Å². The quantitative estimate of drug-likeness (QED) is 0.370. The van der Waals surface area contributed by atoms with Gasteiger partial charge < -0.3 is 5.11 Å². The van der Waals surface area contributed by atoms with Crippen molar-refractivity contribution in [2.75, 3.05) is 0 Å². The largest absolute Gasteiger partial charge is 0.481 e. The van der Waals surface area contributed by atoms with Gasteiger partial charge in [0.05, 0.1) is 6.21 Å². The van der Waals surface area contributed by atoms with Crippen molar-refractivity contribution in [1.82, 2.24) is 5.43 Å². The summed E-state index contributed by atoms with van der Waals surface area (Å²) in [6, 6.07) is 14.1. The molecule has 0 saturated carbocycles. The Morgan fingerprint density at radius 2 is 1.70 bits per heavy atom. The van der Waals surface area contributed by atoms with Crippen LogP contribution in [0.25, 0.3) is 11.1 Å². The second kappa shape index (κ2) is 10.9. The number of rotatable bonds is 10. The van der Waals surface area contributed by atoms with Crippen LogP contribution >= 0.6 is 0 Å². The van der Waals surface area contributed by atoms with Crippen LogP contribution in [-0.2, 0) is 9.59 Å². The highest BCUT2D eigenvalue weighted by Gasteiger charge is 2.05. The third-order valence-electron chi connectivity index (χ3n) is 4.03. The molecule has 0 fully saturated rings. The van der Waals surface area contributed by atoms with Crippen LogP contribution in [0.1, 0.15) is 44.1 Å². The lowest BCUT2D eigenvalue weighted by atomic mass is 10.0. The van der Waals surface area contributed by atoms with E-state index in [1.807, 2.05) is 30.3 Å². The van der Waals surface area contributed by atoms with Gasteiger partial charge in [0.25, 0.3) is 0 Å². The Bertz CT molecular complexity index is 791. The summed E-state index contributed by atoms with van der Waals surface area (Å²) in [6.07, 6.45) is 4.79. The zero-order valence-corrected chi connectivity index (χ0v) is 15.0. The van der Waals surface area contributed by atoms with Crippen LogP contribution in [0.15, 0.2) is 53.6 Å². The van der Waals surface area contributed by atoms with Gasteiger partial charge in [-0.1, -0.05) is 55.3 Å². The summed E-state index contributed by atoms with van der Waals surface area (Å²) in [5.74, 6) is -1.36. The molecule has 0 aliphatic rings. The molecule has 2 rings (SSSR count). The van der Waals surface area contributed by atoms with Gasteiger partial charge in [-0.3, -0.25) is 9.59 Å². The third kappa shape index (κ3) is 7.40. The zero-order chi connectivity index (χ0) is 19.5. The minimum atomic E-state index is -0.796. The lowest BCUT2D eigenvalue weighted by Crippen LogP contribution is -2.16. The predicted octanol–water partition coefficient (Wildman–Crippen LogP) is 4.37. The van der Waals surface area contributed by atoms with Crippen molar-refractivity contribution < 1.29 is 19.1 Å². The van der Waals surface area contributed by atoms with E-state index in [4.69, 9.17) is 5.11 Å². The molecule has 2 aromatic carbocycles. The molecule has 0 saturated heterocycles. The van der Waals surface area contributed by atoms with Gasteiger partial charge in [0.2, 0.25) is 5.91 Å². The third-order valence-corrected chi connectivity index (χ3v) is 4.03. The Labute approximate surface area is 157 Å². The average Bonchev–Trinajstić information content (AvgIpc) is 2.65. The summed E-state index contributed by atoms with van der Waals surface area (Å²) >= 11 is 0. The Morgan fingerprint density at radius 1 is 1.00 bits per heavy atom. The predicted molar refractivity (Wildman–Crippen MR) is 103 cm³/mol. The smallest absolute Gasteiger partial charge is 0.303 e. The zero-order valence-electron chi connectivity index (χ0n) is 15.0. The number of halogens is 1. The van der Waals surface area contributed by atoms with Crippen LogP contribution in [0.5, 0.6) is 0 Å². The topological polar surface area (TPSA) is 78.8 Å². The number of unbranched alkanes of at least 4 members (excludes halogenated alkanes) is 3. The molecule has 0 atom stereocenters. The highest BCUT2D eigenvalue weighted by molar-refractivity contribution is 5.83. The van der Waals surface area contributed by atoms with Crippen molar-refractivity contribution in [2.45, 2.75) is 38.5 Å². The number of aliphatic carboxylic acids is 1. The Kier molecular flexibility index (Phi) is 8.16. The van der Waals surface area contributed by atoms with E-state index in [-0.39, 0.29) is 18.1 Å². The molecular formula is C21H23FN2O3. The molecule has 0 aromatic heterocycles. The van der Waals surface area contributed by atoms with E-state index in [1.54, 1.807) is 12.1 Å². The average molecular weight is 370 g/mol. The number of hydrazone groups is 1. The first kappa shape index (κ1) is 20.3. The van der Waals surface area contributed by atoms with Gasteiger partial charge in [-0.15, -0.1) is 0 Å². The molecule has 142 valence electrons. The first-order chi connectivity index (χ1) is 13.1. The molecule has 0 spiro atoms. The SMILES string of the molecule is O=C(O)CCCCCCC(=O)N/N=C/c1ccc(-c2ccccc2)c(F)c1. The van der Waals surface area contributed by atoms with Crippen LogP contribution in [0.4, 0.5) is 4.39 Å². The lowest BCUT2D eigenvalue weighted by molar-refractivity contribution is -0.137. The number of carbonyl (C=O) groups is 2. The van der Waals surface area contributed by atoms with Crippen molar-refractivity contribution in [3.05, 3.63) is 59.9 Å². The van der Waals surface area contributed by atoms with Gasteiger partial charge in [0, 0.05) is 18.4 Å². The molecule has 27 heavy (non-hydrogen) atoms. The number of hydrogen-bond donors (Lipinski definition) is 2. The van der Waals surface area contributed by atoms with E-state index in [0.29, 0.717) is 30.4 Å². The molecule has 2 aromatic rings. The normalized spacial score (nSPS) is 10.9. The molecule has 0 heterocycles. The van der Waals surface area contributed by atoms with Crippen molar-refractivity contribution >= 4 is 18.1 Å².